The summed E-state index contributed by atoms with van der Waals surface area (Å²) in [7, 11) is 0. The number of amides is 3. The molecule has 2 N–H and O–H groups in total. The Balaban J connectivity index is 1.52. The monoisotopic (exact) mass is 456 g/mol. The Morgan fingerprint density at radius 3 is 2.67 bits per heavy atom. The molecule has 1 unspecified atom stereocenters. The van der Waals surface area contributed by atoms with Gasteiger partial charge in [-0.05, 0) is 29.6 Å². The highest BCUT2D eigenvalue weighted by Crippen LogP contribution is 2.32. The zero-order chi connectivity index (χ0) is 29.8. The van der Waals surface area contributed by atoms with Crippen LogP contribution < -0.4 is 10.6 Å². The van der Waals surface area contributed by atoms with Crippen LogP contribution in [-0.4, -0.2) is 59.8 Å². The summed E-state index contributed by atoms with van der Waals surface area (Å²) in [6, 6.07) is -4.85. The van der Waals surface area contributed by atoms with E-state index in [1.54, 1.807) is 0 Å². The van der Waals surface area contributed by atoms with Crippen LogP contribution in [0.1, 0.15) is 50.9 Å². The van der Waals surface area contributed by atoms with Crippen LogP contribution in [0, 0.1) is 0 Å². The third-order valence-corrected chi connectivity index (χ3v) is 5.96. The van der Waals surface area contributed by atoms with Crippen molar-refractivity contribution in [3.8, 4) is 0 Å². The van der Waals surface area contributed by atoms with Gasteiger partial charge in [0.2, 0.25) is 11.8 Å². The molecular weight excluding hydrogens is 420 g/mol. The number of benzene rings is 2. The molecule has 0 aromatic heterocycles. The Labute approximate surface area is 204 Å². The molecule has 2 saturated heterocycles. The van der Waals surface area contributed by atoms with Gasteiger partial charge in [0.05, 0.1) is 24.2 Å². The molecule has 172 valence electrons. The molecule has 3 heterocycles. The van der Waals surface area contributed by atoms with Crippen molar-refractivity contribution in [2.75, 3.05) is 31.6 Å². The van der Waals surface area contributed by atoms with E-state index in [-0.39, 0.29) is 73.0 Å². The number of carbonyl (C=O) groups excluding carboxylic acids is 3. The molecule has 0 saturated carbocycles. The van der Waals surface area contributed by atoms with Crippen LogP contribution in [0.25, 0.3) is 0 Å². The average molecular weight is 457 g/mol. The van der Waals surface area contributed by atoms with Gasteiger partial charge < -0.3 is 15.0 Å². The summed E-state index contributed by atoms with van der Waals surface area (Å²) < 4.78 is 72.7. The molecular formula is C25H28N4O4. The topological polar surface area (TPSA) is 91.0 Å². The summed E-state index contributed by atoms with van der Waals surface area (Å²) >= 11 is 0. The van der Waals surface area contributed by atoms with Gasteiger partial charge >= 0.3 is 0 Å². The summed E-state index contributed by atoms with van der Waals surface area (Å²) in [5, 5.41) is 5.06. The third kappa shape index (κ3) is 4.49. The number of fused-ring (bicyclic) bond motifs is 1. The molecule has 8 nitrogen and oxygen atoms in total. The predicted octanol–water partition coefficient (Wildman–Crippen LogP) is 1.89. The van der Waals surface area contributed by atoms with Crippen LogP contribution in [0.15, 0.2) is 42.3 Å². The van der Waals surface area contributed by atoms with E-state index in [1.165, 1.54) is 0 Å². The maximum Gasteiger partial charge on any atom is 0.255 e. The first-order valence-corrected chi connectivity index (χ1v) is 10.8. The second-order valence-corrected chi connectivity index (χ2v) is 8.02. The molecule has 0 aliphatic carbocycles. The number of hydrogen-bond acceptors (Lipinski definition) is 6. The Hall–Kier alpha value is -3.23. The van der Waals surface area contributed by atoms with Gasteiger partial charge in [0.15, 0.2) is 0 Å². The molecule has 33 heavy (non-hydrogen) atoms. The molecule has 5 rings (SSSR count). The van der Waals surface area contributed by atoms with Crippen LogP contribution in [0.5, 0.6) is 0 Å². The van der Waals surface area contributed by atoms with Crippen LogP contribution in [0.3, 0.4) is 0 Å². The lowest BCUT2D eigenvalue weighted by molar-refractivity contribution is -0.136. The highest BCUT2D eigenvalue weighted by Gasteiger charge is 2.39. The van der Waals surface area contributed by atoms with Gasteiger partial charge in [-0.2, -0.15) is 0 Å². The maximum atomic E-state index is 13.4. The molecule has 2 aromatic carbocycles. The number of nitrogens with one attached hydrogen (secondary N) is 2. The second kappa shape index (κ2) is 9.33. The van der Waals surface area contributed by atoms with Gasteiger partial charge in [-0.15, -0.1) is 0 Å². The lowest BCUT2D eigenvalue weighted by atomic mass is 10.0. The molecule has 3 aliphatic rings. The van der Waals surface area contributed by atoms with E-state index in [0.717, 1.165) is 4.90 Å². The largest absolute Gasteiger partial charge is 0.381 e. The molecule has 3 amide bonds. The highest BCUT2D eigenvalue weighted by atomic mass is 16.5. The number of nitrogens with zero attached hydrogens (tertiary/aromatic N) is 2. The first kappa shape index (κ1) is 14.1. The molecule has 0 bridgehead atoms. The fraction of sp³-hybridized carbons (Fsp3) is 0.400. The lowest BCUT2D eigenvalue weighted by Gasteiger charge is -2.29. The predicted molar refractivity (Wildman–Crippen MR) is 122 cm³/mol. The smallest absolute Gasteiger partial charge is 0.255 e. The van der Waals surface area contributed by atoms with E-state index in [0.29, 0.717) is 31.9 Å². The third-order valence-electron chi connectivity index (χ3n) is 5.96. The van der Waals surface area contributed by atoms with Crippen LogP contribution in [0.4, 0.5) is 5.69 Å². The van der Waals surface area contributed by atoms with Crippen molar-refractivity contribution in [1.82, 2.24) is 15.1 Å². The molecule has 2 aromatic rings. The number of piperidine rings is 1. The summed E-state index contributed by atoms with van der Waals surface area (Å²) in [5.74, 6) is -2.37. The quantitative estimate of drug-likeness (QED) is 0.645. The van der Waals surface area contributed by atoms with Crippen molar-refractivity contribution in [3.05, 3.63) is 64.6 Å². The number of morpholine rings is 1. The van der Waals surface area contributed by atoms with Gasteiger partial charge in [0.25, 0.3) is 5.91 Å². The summed E-state index contributed by atoms with van der Waals surface area (Å²) in [5.41, 5.74) is 0.516. The molecule has 0 radical (unpaired) electrons. The molecule has 1 atom stereocenters. The minimum Gasteiger partial charge on any atom is -0.381 e. The zero-order valence-electron chi connectivity index (χ0n) is 25.9. The zero-order valence-corrected chi connectivity index (χ0v) is 17.9. The van der Waals surface area contributed by atoms with Crippen LogP contribution >= 0.6 is 0 Å². The van der Waals surface area contributed by atoms with Gasteiger partial charge in [0, 0.05) is 56.0 Å². The van der Waals surface area contributed by atoms with Crippen molar-refractivity contribution in [2.24, 2.45) is 0 Å². The number of imide groups is 1. The minimum absolute atomic E-state index is 0.00234. The van der Waals surface area contributed by atoms with Gasteiger partial charge in [-0.25, -0.2) is 0 Å². The van der Waals surface area contributed by atoms with Crippen LogP contribution in [-0.2, 0) is 34.0 Å². The number of ether oxygens (including phenoxy) is 1. The summed E-state index contributed by atoms with van der Waals surface area (Å²) in [6.07, 6.45) is -0.406. The first-order valence-electron chi connectivity index (χ1n) is 14.8. The highest BCUT2D eigenvalue weighted by molar-refractivity contribution is 6.06. The molecule has 3 aliphatic heterocycles. The van der Waals surface area contributed by atoms with Crippen molar-refractivity contribution < 1.29 is 30.1 Å². The summed E-state index contributed by atoms with van der Waals surface area (Å²) in [4.78, 5) is 40.7. The molecule has 0 spiro atoms. The van der Waals surface area contributed by atoms with Crippen molar-refractivity contribution in [2.45, 2.75) is 38.5 Å². The molecule has 2 fully saturated rings. The first-order chi connectivity index (χ1) is 19.4. The number of rotatable bonds is 6. The number of carbonyl (C=O) groups is 3. The Kier molecular flexibility index (Phi) is 3.99. The van der Waals surface area contributed by atoms with E-state index >= 15 is 0 Å². The number of anilines is 1. The van der Waals surface area contributed by atoms with E-state index in [2.05, 4.69) is 10.6 Å². The second-order valence-electron chi connectivity index (χ2n) is 8.02. The van der Waals surface area contributed by atoms with Gasteiger partial charge in [-0.1, -0.05) is 30.2 Å². The SMILES string of the molecule is [2H]c1c([2H])c([2H])c(CN2CCOCC2)c(CNc2c([2H])c([2H])c([2H])c3c2CN(C2([2H])CCC(=O)NC2=O)C3=O)c1[2H]. The minimum atomic E-state index is -2.12. The maximum absolute atomic E-state index is 13.4. The normalized spacial score (nSPS) is 26.8. The van der Waals surface area contributed by atoms with E-state index in [4.69, 9.17) is 15.7 Å². The Morgan fingerprint density at radius 1 is 1.09 bits per heavy atom. The van der Waals surface area contributed by atoms with E-state index < -0.39 is 47.9 Å². The van der Waals surface area contributed by atoms with Gasteiger partial charge in [-0.3, -0.25) is 24.6 Å². The van der Waals surface area contributed by atoms with Crippen molar-refractivity contribution in [1.29, 1.82) is 0 Å². The lowest BCUT2D eigenvalue weighted by Crippen LogP contribution is -2.52. The fourth-order valence-corrected chi connectivity index (χ4v) is 4.18. The van der Waals surface area contributed by atoms with E-state index in [9.17, 15) is 14.4 Å². The molecule has 8 heteroatoms. The van der Waals surface area contributed by atoms with Gasteiger partial charge in [0.1, 0.15) is 6.02 Å². The van der Waals surface area contributed by atoms with Crippen molar-refractivity contribution >= 4 is 23.4 Å². The summed E-state index contributed by atoms with van der Waals surface area (Å²) in [6.45, 7) is 1.88. The fourth-order valence-electron chi connectivity index (χ4n) is 4.18. The Bertz CT molecular complexity index is 1480. The average Bonchev–Trinajstić information content (AvgIpc) is 3.30. The standard InChI is InChI=1S/C25H28N4O4/c30-23-9-8-22(24(31)27-23)29-16-20-19(25(29)32)6-3-7-21(20)26-14-17-4-1-2-5-18(17)15-28-10-12-33-13-11-28/h1-7,22,26H,8-16H2,(H,27,30,31)/i1D,2D,3D,4D,5D,6D,7D,22D. The van der Waals surface area contributed by atoms with Crippen LogP contribution in [0.2, 0.25) is 0 Å². The van der Waals surface area contributed by atoms with Crippen molar-refractivity contribution in [3.63, 3.8) is 0 Å². The number of hydrogen-bond donors (Lipinski definition) is 2. The Morgan fingerprint density at radius 2 is 1.88 bits per heavy atom. The van der Waals surface area contributed by atoms with E-state index in [1.807, 2.05) is 4.90 Å².